The summed E-state index contributed by atoms with van der Waals surface area (Å²) in [5, 5.41) is 5.49. The second-order valence-corrected chi connectivity index (χ2v) is 5.94. The van der Waals surface area contributed by atoms with Crippen LogP contribution < -0.4 is 10.9 Å². The third-order valence-electron chi connectivity index (χ3n) is 3.64. The number of nitrogens with one attached hydrogen (secondary N) is 1. The van der Waals surface area contributed by atoms with E-state index in [1.165, 1.54) is 22.6 Å². The number of pyridine rings is 1. The molecule has 0 fully saturated rings. The molecule has 1 aliphatic rings. The molecule has 0 unspecified atom stereocenters. The summed E-state index contributed by atoms with van der Waals surface area (Å²) in [6, 6.07) is 7.91. The van der Waals surface area contributed by atoms with E-state index in [-0.39, 0.29) is 5.56 Å². The number of nitrogens with zero attached hydrogens (tertiary/aromatic N) is 1. The van der Waals surface area contributed by atoms with Gasteiger partial charge in [-0.05, 0) is 36.3 Å². The summed E-state index contributed by atoms with van der Waals surface area (Å²) in [5.41, 5.74) is 2.75. The third-order valence-corrected chi connectivity index (χ3v) is 4.52. The number of hydrogen-bond acceptors (Lipinski definition) is 3. The molecule has 0 atom stereocenters. The Labute approximate surface area is 116 Å². The Morgan fingerprint density at radius 2 is 2.21 bits per heavy atom. The zero-order valence-corrected chi connectivity index (χ0v) is 11.7. The van der Waals surface area contributed by atoms with E-state index in [0.717, 1.165) is 32.5 Å². The van der Waals surface area contributed by atoms with Crippen molar-refractivity contribution in [3.05, 3.63) is 56.1 Å². The fourth-order valence-corrected chi connectivity index (χ4v) is 3.37. The van der Waals surface area contributed by atoms with E-state index in [1.807, 2.05) is 10.6 Å². The highest BCUT2D eigenvalue weighted by atomic mass is 32.1. The molecule has 3 rings (SSSR count). The molecule has 0 spiro atoms. The number of rotatable bonds is 5. The highest BCUT2D eigenvalue weighted by Crippen LogP contribution is 2.19. The van der Waals surface area contributed by atoms with Crippen molar-refractivity contribution in [1.82, 2.24) is 9.88 Å². The smallest absolute Gasteiger partial charge is 0.250 e. The van der Waals surface area contributed by atoms with E-state index in [0.29, 0.717) is 0 Å². The van der Waals surface area contributed by atoms with E-state index in [9.17, 15) is 4.79 Å². The van der Waals surface area contributed by atoms with E-state index < -0.39 is 0 Å². The zero-order valence-electron chi connectivity index (χ0n) is 10.9. The highest BCUT2D eigenvalue weighted by molar-refractivity contribution is 7.09. The van der Waals surface area contributed by atoms with Gasteiger partial charge in [-0.3, -0.25) is 4.79 Å². The molecule has 2 aromatic rings. The molecule has 0 radical (unpaired) electrons. The zero-order chi connectivity index (χ0) is 13.1. The van der Waals surface area contributed by atoms with Gasteiger partial charge in [-0.1, -0.05) is 12.1 Å². The van der Waals surface area contributed by atoms with Crippen LogP contribution in [0.4, 0.5) is 0 Å². The van der Waals surface area contributed by atoms with Crippen molar-refractivity contribution in [3.8, 4) is 0 Å². The summed E-state index contributed by atoms with van der Waals surface area (Å²) in [6.07, 6.45) is 3.36. The lowest BCUT2D eigenvalue weighted by Crippen LogP contribution is -2.28. The van der Waals surface area contributed by atoms with E-state index in [4.69, 9.17) is 0 Å². The summed E-state index contributed by atoms with van der Waals surface area (Å²) >= 11 is 1.76. The van der Waals surface area contributed by atoms with E-state index in [2.05, 4.69) is 22.8 Å². The lowest BCUT2D eigenvalue weighted by atomic mass is 10.2. The molecule has 0 aromatic carbocycles. The van der Waals surface area contributed by atoms with Crippen LogP contribution in [0.5, 0.6) is 0 Å². The Morgan fingerprint density at radius 1 is 1.26 bits per heavy atom. The molecule has 2 aromatic heterocycles. The van der Waals surface area contributed by atoms with Crippen molar-refractivity contribution >= 4 is 11.3 Å². The van der Waals surface area contributed by atoms with Crippen LogP contribution >= 0.6 is 11.3 Å². The molecular formula is C15H18N2OS. The van der Waals surface area contributed by atoms with E-state index in [1.54, 1.807) is 17.4 Å². The topological polar surface area (TPSA) is 34.0 Å². The van der Waals surface area contributed by atoms with Gasteiger partial charge in [0.2, 0.25) is 0 Å². The van der Waals surface area contributed by atoms with Crippen molar-refractivity contribution in [1.29, 1.82) is 0 Å². The van der Waals surface area contributed by atoms with Crippen LogP contribution in [0, 0.1) is 0 Å². The molecule has 3 nitrogen and oxygen atoms in total. The lowest BCUT2D eigenvalue weighted by Gasteiger charge is -2.12. The maximum atomic E-state index is 11.9. The van der Waals surface area contributed by atoms with Gasteiger partial charge in [0, 0.05) is 36.3 Å². The molecule has 100 valence electrons. The molecular weight excluding hydrogens is 256 g/mol. The van der Waals surface area contributed by atoms with Crippen molar-refractivity contribution in [3.63, 3.8) is 0 Å². The summed E-state index contributed by atoms with van der Waals surface area (Å²) < 4.78 is 1.95. The Bertz CT molecular complexity index is 601. The quantitative estimate of drug-likeness (QED) is 0.848. The second kappa shape index (κ2) is 5.72. The first kappa shape index (κ1) is 12.6. The lowest BCUT2D eigenvalue weighted by molar-refractivity contribution is 0.571. The molecule has 2 heterocycles. The first-order valence-corrected chi connectivity index (χ1v) is 7.67. The number of thiophene rings is 1. The van der Waals surface area contributed by atoms with Crippen LogP contribution in [-0.2, 0) is 25.9 Å². The summed E-state index contributed by atoms with van der Waals surface area (Å²) in [7, 11) is 0. The fraction of sp³-hybridized carbons (Fsp3) is 0.400. The first-order valence-electron chi connectivity index (χ1n) is 6.79. The Balaban J connectivity index is 1.61. The fourth-order valence-electron chi connectivity index (χ4n) is 2.69. The minimum absolute atomic E-state index is 0.138. The van der Waals surface area contributed by atoms with Gasteiger partial charge in [0.15, 0.2) is 0 Å². The Hall–Kier alpha value is -1.39. The van der Waals surface area contributed by atoms with Crippen molar-refractivity contribution in [2.24, 2.45) is 0 Å². The molecule has 0 amide bonds. The van der Waals surface area contributed by atoms with Crippen LogP contribution in [0.25, 0.3) is 0 Å². The van der Waals surface area contributed by atoms with Crippen molar-refractivity contribution < 1.29 is 0 Å². The van der Waals surface area contributed by atoms with Gasteiger partial charge in [0.05, 0.1) is 0 Å². The number of aromatic nitrogens is 1. The highest BCUT2D eigenvalue weighted by Gasteiger charge is 2.15. The van der Waals surface area contributed by atoms with Crippen LogP contribution in [0.1, 0.15) is 22.6 Å². The van der Waals surface area contributed by atoms with Gasteiger partial charge in [-0.2, -0.15) is 0 Å². The van der Waals surface area contributed by atoms with Crippen LogP contribution in [0.2, 0.25) is 0 Å². The number of fused-ring (bicyclic) bond motifs is 1. The minimum atomic E-state index is 0.138. The number of hydrogen-bond donors (Lipinski definition) is 1. The minimum Gasteiger partial charge on any atom is -0.311 e. The molecule has 0 bridgehead atoms. The predicted molar refractivity (Wildman–Crippen MR) is 78.8 cm³/mol. The van der Waals surface area contributed by atoms with E-state index >= 15 is 0 Å². The average molecular weight is 274 g/mol. The van der Waals surface area contributed by atoms with Crippen LogP contribution in [0.15, 0.2) is 34.4 Å². The van der Waals surface area contributed by atoms with Gasteiger partial charge >= 0.3 is 0 Å². The Kier molecular flexibility index (Phi) is 3.80. The molecule has 1 aliphatic carbocycles. The standard InChI is InChI=1S/C15H18N2OS/c18-15-7-6-12-3-1-5-14(12)17(15)9-8-16-11-13-4-2-10-19-13/h2,4,6-7,10,16H,1,3,5,8-9,11H2. The van der Waals surface area contributed by atoms with Crippen LogP contribution in [-0.4, -0.2) is 11.1 Å². The predicted octanol–water partition coefficient (Wildman–Crippen LogP) is 2.19. The maximum Gasteiger partial charge on any atom is 0.250 e. The second-order valence-electron chi connectivity index (χ2n) is 4.90. The number of aryl methyl sites for hydroxylation is 1. The Morgan fingerprint density at radius 3 is 3.05 bits per heavy atom. The van der Waals surface area contributed by atoms with Crippen molar-refractivity contribution in [2.75, 3.05) is 6.54 Å². The summed E-state index contributed by atoms with van der Waals surface area (Å²) in [5.74, 6) is 0. The molecule has 19 heavy (non-hydrogen) atoms. The van der Waals surface area contributed by atoms with Gasteiger partial charge in [-0.25, -0.2) is 0 Å². The van der Waals surface area contributed by atoms with Crippen LogP contribution in [0.3, 0.4) is 0 Å². The summed E-state index contributed by atoms with van der Waals surface area (Å²) in [6.45, 7) is 2.50. The normalized spacial score (nSPS) is 13.7. The molecule has 1 N–H and O–H groups in total. The monoisotopic (exact) mass is 274 g/mol. The summed E-state index contributed by atoms with van der Waals surface area (Å²) in [4.78, 5) is 13.3. The SMILES string of the molecule is O=c1ccc2c(n1CCNCc1cccs1)CCC2. The van der Waals surface area contributed by atoms with Gasteiger partial charge in [-0.15, -0.1) is 11.3 Å². The molecule has 0 saturated heterocycles. The molecule has 0 aliphatic heterocycles. The maximum absolute atomic E-state index is 11.9. The van der Waals surface area contributed by atoms with Gasteiger partial charge in [0.1, 0.15) is 0 Å². The third kappa shape index (κ3) is 2.80. The first-order chi connectivity index (χ1) is 9.34. The largest absolute Gasteiger partial charge is 0.311 e. The van der Waals surface area contributed by atoms with Gasteiger partial charge in [0.25, 0.3) is 5.56 Å². The van der Waals surface area contributed by atoms with Gasteiger partial charge < -0.3 is 9.88 Å². The molecule has 0 saturated carbocycles. The van der Waals surface area contributed by atoms with Crippen molar-refractivity contribution in [2.45, 2.75) is 32.4 Å². The average Bonchev–Trinajstić information content (AvgIpc) is 3.07. The molecule has 4 heteroatoms.